The molecule has 0 fully saturated rings. The molecule has 1 amide bonds. The number of aliphatic hydroxyl groups is 1. The first-order valence-electron chi connectivity index (χ1n) is 9.28. The number of rotatable bonds is 8. The largest absolute Gasteiger partial charge is 0.493 e. The molecule has 3 aromatic carbocycles. The molecule has 0 radical (unpaired) electrons. The third-order valence-electron chi connectivity index (χ3n) is 4.34. The Hall–Kier alpha value is -3.06. The van der Waals surface area contributed by atoms with Gasteiger partial charge < -0.3 is 14.6 Å². The summed E-state index contributed by atoms with van der Waals surface area (Å²) in [6.07, 6.45) is 0.140. The molecule has 3 aromatic rings. The molecule has 0 aliphatic heterocycles. The fourth-order valence-electron chi connectivity index (χ4n) is 2.70. The van der Waals surface area contributed by atoms with Crippen LogP contribution in [0.2, 0.25) is 10.0 Å². The molecule has 0 aliphatic carbocycles. The highest BCUT2D eigenvalue weighted by Crippen LogP contribution is 2.29. The van der Waals surface area contributed by atoms with Gasteiger partial charge in [0.25, 0.3) is 5.91 Å². The number of amides is 1. The zero-order valence-electron chi connectivity index (χ0n) is 16.6. The predicted molar refractivity (Wildman–Crippen MR) is 121 cm³/mol. The van der Waals surface area contributed by atoms with Crippen LogP contribution in [0.15, 0.2) is 71.8 Å². The standard InChI is InChI=1S/C23H20Cl2N2O4/c1-30-21-11-15(13-26-27-23(29)22(28)16-5-3-2-4-6-16)7-10-20(21)31-14-17-8-9-18(24)12-19(17)25/h2-13,22,28H,14H2,1H3,(H,27,29)/b26-13-/t22-/m1/s1. The second-order valence-corrected chi connectivity index (χ2v) is 7.33. The molecule has 8 heteroatoms. The predicted octanol–water partition coefficient (Wildman–Crippen LogP) is 4.76. The lowest BCUT2D eigenvalue weighted by Gasteiger charge is -2.12. The van der Waals surface area contributed by atoms with Crippen LogP contribution in [-0.2, 0) is 11.4 Å². The fourth-order valence-corrected chi connectivity index (χ4v) is 3.16. The highest BCUT2D eigenvalue weighted by molar-refractivity contribution is 6.35. The number of methoxy groups -OCH3 is 1. The van der Waals surface area contributed by atoms with Crippen molar-refractivity contribution in [3.63, 3.8) is 0 Å². The van der Waals surface area contributed by atoms with Gasteiger partial charge in [-0.3, -0.25) is 4.79 Å². The molecule has 0 saturated heterocycles. The molecule has 6 nitrogen and oxygen atoms in total. The maximum absolute atomic E-state index is 12.0. The summed E-state index contributed by atoms with van der Waals surface area (Å²) in [5.41, 5.74) is 4.27. The molecular weight excluding hydrogens is 439 g/mol. The first kappa shape index (κ1) is 22.6. The maximum atomic E-state index is 12.0. The van der Waals surface area contributed by atoms with Gasteiger partial charge in [0.15, 0.2) is 17.6 Å². The van der Waals surface area contributed by atoms with Crippen molar-refractivity contribution in [1.29, 1.82) is 0 Å². The zero-order chi connectivity index (χ0) is 22.2. The van der Waals surface area contributed by atoms with Crippen molar-refractivity contribution in [1.82, 2.24) is 5.43 Å². The molecule has 0 aromatic heterocycles. The Morgan fingerprint density at radius 1 is 1.10 bits per heavy atom. The van der Waals surface area contributed by atoms with Crippen molar-refractivity contribution < 1.29 is 19.4 Å². The van der Waals surface area contributed by atoms with Gasteiger partial charge in [-0.1, -0.05) is 59.6 Å². The van der Waals surface area contributed by atoms with Crippen LogP contribution in [0, 0.1) is 0 Å². The Balaban J connectivity index is 1.62. The van der Waals surface area contributed by atoms with Gasteiger partial charge in [0.05, 0.1) is 13.3 Å². The van der Waals surface area contributed by atoms with E-state index in [9.17, 15) is 9.90 Å². The molecule has 31 heavy (non-hydrogen) atoms. The number of halogens is 2. The highest BCUT2D eigenvalue weighted by Gasteiger charge is 2.16. The van der Waals surface area contributed by atoms with Crippen molar-refractivity contribution in [3.8, 4) is 11.5 Å². The number of ether oxygens (including phenoxy) is 2. The van der Waals surface area contributed by atoms with Crippen LogP contribution < -0.4 is 14.9 Å². The van der Waals surface area contributed by atoms with Gasteiger partial charge in [-0.05, 0) is 41.5 Å². The minimum absolute atomic E-state index is 0.243. The quantitative estimate of drug-likeness (QED) is 0.376. The summed E-state index contributed by atoms with van der Waals surface area (Å²) in [6.45, 7) is 0.243. The lowest BCUT2D eigenvalue weighted by Crippen LogP contribution is -2.25. The smallest absolute Gasteiger partial charge is 0.273 e. The van der Waals surface area contributed by atoms with Gasteiger partial charge in [-0.25, -0.2) is 5.43 Å². The highest BCUT2D eigenvalue weighted by atomic mass is 35.5. The second-order valence-electron chi connectivity index (χ2n) is 6.48. The molecule has 2 N–H and O–H groups in total. The molecule has 0 bridgehead atoms. The van der Waals surface area contributed by atoms with E-state index in [-0.39, 0.29) is 6.61 Å². The Morgan fingerprint density at radius 3 is 2.58 bits per heavy atom. The van der Waals surface area contributed by atoms with Crippen molar-refractivity contribution in [2.45, 2.75) is 12.7 Å². The Morgan fingerprint density at radius 2 is 1.87 bits per heavy atom. The van der Waals surface area contributed by atoms with Crippen LogP contribution in [0.25, 0.3) is 0 Å². The monoisotopic (exact) mass is 458 g/mol. The number of hydrazone groups is 1. The molecule has 0 saturated carbocycles. The minimum atomic E-state index is -1.30. The van der Waals surface area contributed by atoms with Gasteiger partial charge in [-0.2, -0.15) is 5.10 Å². The van der Waals surface area contributed by atoms with E-state index in [4.69, 9.17) is 32.7 Å². The van der Waals surface area contributed by atoms with Crippen LogP contribution >= 0.6 is 23.2 Å². The van der Waals surface area contributed by atoms with E-state index in [1.807, 2.05) is 0 Å². The molecular formula is C23H20Cl2N2O4. The fraction of sp³-hybridized carbons (Fsp3) is 0.130. The van der Waals surface area contributed by atoms with Crippen LogP contribution in [0.5, 0.6) is 11.5 Å². The first-order chi connectivity index (χ1) is 15.0. The van der Waals surface area contributed by atoms with Crippen molar-refractivity contribution >= 4 is 35.3 Å². The minimum Gasteiger partial charge on any atom is -0.493 e. The SMILES string of the molecule is COc1cc(/C=N\NC(=O)[C@H](O)c2ccccc2)ccc1OCc1ccc(Cl)cc1Cl. The van der Waals surface area contributed by atoms with E-state index < -0.39 is 12.0 Å². The molecule has 160 valence electrons. The third-order valence-corrected chi connectivity index (χ3v) is 4.92. The summed E-state index contributed by atoms with van der Waals surface area (Å²) in [7, 11) is 1.52. The number of hydrogen-bond acceptors (Lipinski definition) is 5. The van der Waals surface area contributed by atoms with Crippen molar-refractivity contribution in [2.24, 2.45) is 5.10 Å². The summed E-state index contributed by atoms with van der Waals surface area (Å²) in [6, 6.07) is 19.0. The average Bonchev–Trinajstić information content (AvgIpc) is 2.79. The number of benzene rings is 3. The van der Waals surface area contributed by atoms with E-state index in [1.165, 1.54) is 13.3 Å². The lowest BCUT2D eigenvalue weighted by atomic mass is 10.1. The van der Waals surface area contributed by atoms with E-state index in [0.29, 0.717) is 32.7 Å². The average molecular weight is 459 g/mol. The number of aliphatic hydroxyl groups excluding tert-OH is 1. The summed E-state index contributed by atoms with van der Waals surface area (Å²) < 4.78 is 11.2. The van der Waals surface area contributed by atoms with E-state index >= 15 is 0 Å². The van der Waals surface area contributed by atoms with Gasteiger partial charge in [-0.15, -0.1) is 0 Å². The number of nitrogens with one attached hydrogen (secondary N) is 1. The molecule has 1 atom stereocenters. The van der Waals surface area contributed by atoms with Crippen LogP contribution in [0.1, 0.15) is 22.8 Å². The van der Waals surface area contributed by atoms with Crippen molar-refractivity contribution in [3.05, 3.63) is 93.5 Å². The lowest BCUT2D eigenvalue weighted by molar-refractivity contribution is -0.129. The summed E-state index contributed by atoms with van der Waals surface area (Å²) in [5, 5.41) is 15.0. The molecule has 3 rings (SSSR count). The van der Waals surface area contributed by atoms with Gasteiger partial charge in [0.2, 0.25) is 0 Å². The van der Waals surface area contributed by atoms with Crippen LogP contribution in [0.3, 0.4) is 0 Å². The van der Waals surface area contributed by atoms with Gasteiger partial charge in [0.1, 0.15) is 6.61 Å². The Kier molecular flexibility index (Phi) is 7.89. The first-order valence-corrected chi connectivity index (χ1v) is 10.0. The molecule has 0 spiro atoms. The second kappa shape index (κ2) is 10.8. The Labute approximate surface area is 190 Å². The summed E-state index contributed by atoms with van der Waals surface area (Å²) in [5.74, 6) is 0.382. The van der Waals surface area contributed by atoms with Crippen LogP contribution in [0.4, 0.5) is 0 Å². The number of carbonyl (C=O) groups is 1. The van der Waals surface area contributed by atoms with Gasteiger partial charge in [0, 0.05) is 15.6 Å². The van der Waals surface area contributed by atoms with E-state index in [0.717, 1.165) is 5.56 Å². The van der Waals surface area contributed by atoms with Crippen molar-refractivity contribution in [2.75, 3.05) is 7.11 Å². The van der Waals surface area contributed by atoms with E-state index in [2.05, 4.69) is 10.5 Å². The van der Waals surface area contributed by atoms with E-state index in [1.54, 1.807) is 66.7 Å². The topological polar surface area (TPSA) is 80.2 Å². The normalized spacial score (nSPS) is 11.9. The molecule has 0 aliphatic rings. The number of hydrogen-bond donors (Lipinski definition) is 2. The number of nitrogens with zero attached hydrogens (tertiary/aromatic N) is 1. The molecule has 0 heterocycles. The zero-order valence-corrected chi connectivity index (χ0v) is 18.1. The third kappa shape index (κ3) is 6.21. The van der Waals surface area contributed by atoms with Crippen LogP contribution in [-0.4, -0.2) is 24.3 Å². The Bertz CT molecular complexity index is 1070. The number of carbonyl (C=O) groups excluding carboxylic acids is 1. The summed E-state index contributed by atoms with van der Waals surface area (Å²) in [4.78, 5) is 12.0. The maximum Gasteiger partial charge on any atom is 0.273 e. The molecule has 0 unspecified atom stereocenters. The summed E-state index contributed by atoms with van der Waals surface area (Å²) >= 11 is 12.1. The van der Waals surface area contributed by atoms with Gasteiger partial charge >= 0.3 is 0 Å².